The molecule has 0 aromatic carbocycles. The highest BCUT2D eigenvalue weighted by Gasteiger charge is 2.25. The Balaban J connectivity index is 1.77. The van der Waals surface area contributed by atoms with Crippen LogP contribution in [-0.4, -0.2) is 30.7 Å². The molecule has 2 fully saturated rings. The third-order valence-electron chi connectivity index (χ3n) is 3.35. The molecule has 0 unspecified atom stereocenters. The molecule has 0 aliphatic heterocycles. The van der Waals surface area contributed by atoms with Gasteiger partial charge in [-0.2, -0.15) is 0 Å². The number of ether oxygens (including phenoxy) is 2. The van der Waals surface area contributed by atoms with E-state index in [2.05, 4.69) is 10.3 Å². The Morgan fingerprint density at radius 2 is 2.21 bits per heavy atom. The van der Waals surface area contributed by atoms with E-state index in [4.69, 9.17) is 9.47 Å². The fraction of sp³-hybridized carbons (Fsp3) is 0.571. The fourth-order valence-corrected chi connectivity index (χ4v) is 1.84. The van der Waals surface area contributed by atoms with Crippen molar-refractivity contribution in [3.8, 4) is 5.75 Å². The third-order valence-corrected chi connectivity index (χ3v) is 3.35. The summed E-state index contributed by atoms with van der Waals surface area (Å²) in [6.07, 6.45) is 6.46. The summed E-state index contributed by atoms with van der Waals surface area (Å²) in [6.45, 7) is 0.651. The topological polar surface area (TPSA) is 60.5 Å². The fourth-order valence-electron chi connectivity index (χ4n) is 1.84. The van der Waals surface area contributed by atoms with Gasteiger partial charge in [0.2, 0.25) is 0 Å². The molecule has 0 spiro atoms. The number of anilines is 1. The quantitative estimate of drug-likeness (QED) is 0.797. The Kier molecular flexibility index (Phi) is 3.27. The van der Waals surface area contributed by atoms with Crippen LogP contribution in [-0.2, 0) is 4.74 Å². The minimum absolute atomic E-state index is 0.254. The van der Waals surface area contributed by atoms with Crippen LogP contribution in [0.1, 0.15) is 36.2 Å². The van der Waals surface area contributed by atoms with Gasteiger partial charge in [-0.25, -0.2) is 9.78 Å². The molecule has 5 heteroatoms. The van der Waals surface area contributed by atoms with Crippen molar-refractivity contribution in [3.05, 3.63) is 18.0 Å². The molecule has 2 saturated carbocycles. The largest absolute Gasteiger partial charge is 0.491 e. The number of methoxy groups -OCH3 is 1. The lowest BCUT2D eigenvalue weighted by atomic mass is 10.3. The Bertz CT molecular complexity index is 482. The first-order valence-corrected chi connectivity index (χ1v) is 6.74. The number of hydrogen-bond donors (Lipinski definition) is 1. The van der Waals surface area contributed by atoms with Crippen molar-refractivity contribution in [2.45, 2.75) is 31.7 Å². The lowest BCUT2D eigenvalue weighted by Gasteiger charge is -2.11. The summed E-state index contributed by atoms with van der Waals surface area (Å²) in [7, 11) is 1.35. The first kappa shape index (κ1) is 12.3. The lowest BCUT2D eigenvalue weighted by molar-refractivity contribution is 0.0588. The zero-order valence-electron chi connectivity index (χ0n) is 11.0. The third kappa shape index (κ3) is 3.16. The van der Waals surface area contributed by atoms with Gasteiger partial charge in [0.05, 0.1) is 25.6 Å². The molecule has 1 N–H and O–H groups in total. The molecule has 1 heterocycles. The predicted molar refractivity (Wildman–Crippen MR) is 70.4 cm³/mol. The molecule has 1 aromatic heterocycles. The number of pyridine rings is 1. The lowest BCUT2D eigenvalue weighted by Crippen LogP contribution is -2.11. The van der Waals surface area contributed by atoms with E-state index in [-0.39, 0.29) is 5.69 Å². The van der Waals surface area contributed by atoms with Gasteiger partial charge in [-0.15, -0.1) is 0 Å². The monoisotopic (exact) mass is 262 g/mol. The second kappa shape index (κ2) is 5.07. The number of carbonyl (C=O) groups excluding carboxylic acids is 1. The Morgan fingerprint density at radius 3 is 2.84 bits per heavy atom. The number of nitrogens with zero attached hydrogens (tertiary/aromatic N) is 1. The number of esters is 1. The van der Waals surface area contributed by atoms with Gasteiger partial charge in [0.25, 0.3) is 0 Å². The van der Waals surface area contributed by atoms with Crippen LogP contribution in [0.25, 0.3) is 0 Å². The molecule has 19 heavy (non-hydrogen) atoms. The van der Waals surface area contributed by atoms with Gasteiger partial charge in [0, 0.05) is 12.1 Å². The van der Waals surface area contributed by atoms with E-state index in [0.717, 1.165) is 5.69 Å². The Hall–Kier alpha value is -1.78. The van der Waals surface area contributed by atoms with E-state index >= 15 is 0 Å². The second-order valence-electron chi connectivity index (χ2n) is 5.24. The maximum absolute atomic E-state index is 11.7. The highest BCUT2D eigenvalue weighted by molar-refractivity contribution is 5.90. The summed E-state index contributed by atoms with van der Waals surface area (Å²) < 4.78 is 10.5. The summed E-state index contributed by atoms with van der Waals surface area (Å²) in [5.74, 6) is 0.693. The van der Waals surface area contributed by atoms with Gasteiger partial charge in [-0.3, -0.25) is 0 Å². The normalized spacial score (nSPS) is 17.9. The SMILES string of the molecule is COC(=O)c1ncc(NC2CC2)cc1OCC1CC1. The minimum atomic E-state index is -0.455. The molecule has 3 rings (SSSR count). The van der Waals surface area contributed by atoms with Crippen LogP contribution in [0.3, 0.4) is 0 Å². The van der Waals surface area contributed by atoms with Gasteiger partial charge in [0.15, 0.2) is 11.4 Å². The van der Waals surface area contributed by atoms with Gasteiger partial charge in [0.1, 0.15) is 0 Å². The van der Waals surface area contributed by atoms with Crippen molar-refractivity contribution < 1.29 is 14.3 Å². The van der Waals surface area contributed by atoms with Crippen molar-refractivity contribution in [3.63, 3.8) is 0 Å². The number of nitrogens with one attached hydrogen (secondary N) is 1. The van der Waals surface area contributed by atoms with Crippen LogP contribution in [0.4, 0.5) is 5.69 Å². The van der Waals surface area contributed by atoms with Crippen molar-refractivity contribution >= 4 is 11.7 Å². The van der Waals surface area contributed by atoms with Crippen molar-refractivity contribution in [1.29, 1.82) is 0 Å². The zero-order valence-corrected chi connectivity index (χ0v) is 11.0. The maximum atomic E-state index is 11.7. The van der Waals surface area contributed by atoms with Crippen LogP contribution < -0.4 is 10.1 Å². The number of aromatic nitrogens is 1. The molecular formula is C14H18N2O3. The Morgan fingerprint density at radius 1 is 1.42 bits per heavy atom. The van der Waals surface area contributed by atoms with E-state index < -0.39 is 5.97 Å². The molecule has 5 nitrogen and oxygen atoms in total. The molecule has 0 radical (unpaired) electrons. The van der Waals surface area contributed by atoms with Crippen molar-refractivity contribution in [2.75, 3.05) is 19.0 Å². The smallest absolute Gasteiger partial charge is 0.360 e. The van der Waals surface area contributed by atoms with Crippen LogP contribution in [0.2, 0.25) is 0 Å². The first-order valence-electron chi connectivity index (χ1n) is 6.74. The van der Waals surface area contributed by atoms with E-state index in [1.807, 2.05) is 6.07 Å². The van der Waals surface area contributed by atoms with Crippen LogP contribution in [0.5, 0.6) is 5.75 Å². The van der Waals surface area contributed by atoms with E-state index in [1.54, 1.807) is 6.20 Å². The van der Waals surface area contributed by atoms with Crippen LogP contribution in [0, 0.1) is 5.92 Å². The minimum Gasteiger partial charge on any atom is -0.491 e. The molecular weight excluding hydrogens is 244 g/mol. The summed E-state index contributed by atoms with van der Waals surface area (Å²) >= 11 is 0. The average molecular weight is 262 g/mol. The van der Waals surface area contributed by atoms with Crippen LogP contribution >= 0.6 is 0 Å². The van der Waals surface area contributed by atoms with Crippen molar-refractivity contribution in [2.24, 2.45) is 5.92 Å². The summed E-state index contributed by atoms with van der Waals surface area (Å²) in [5.41, 5.74) is 1.16. The van der Waals surface area contributed by atoms with Crippen LogP contribution in [0.15, 0.2) is 12.3 Å². The van der Waals surface area contributed by atoms with E-state index in [1.165, 1.54) is 32.8 Å². The first-order chi connectivity index (χ1) is 9.26. The highest BCUT2D eigenvalue weighted by Crippen LogP contribution is 2.32. The molecule has 1 aromatic rings. The zero-order chi connectivity index (χ0) is 13.2. The Labute approximate surface area is 112 Å². The molecule has 0 bridgehead atoms. The predicted octanol–water partition coefficient (Wildman–Crippen LogP) is 2.23. The number of rotatable bonds is 6. The molecule has 2 aliphatic carbocycles. The van der Waals surface area contributed by atoms with Gasteiger partial charge in [-0.05, 0) is 31.6 Å². The van der Waals surface area contributed by atoms with Crippen molar-refractivity contribution in [1.82, 2.24) is 4.98 Å². The molecule has 0 saturated heterocycles. The number of carbonyl (C=O) groups is 1. The molecule has 0 atom stereocenters. The van der Waals surface area contributed by atoms with Gasteiger partial charge in [-0.1, -0.05) is 0 Å². The summed E-state index contributed by atoms with van der Waals surface area (Å²) in [5, 5.41) is 3.35. The number of hydrogen-bond acceptors (Lipinski definition) is 5. The van der Waals surface area contributed by atoms with E-state index in [9.17, 15) is 4.79 Å². The van der Waals surface area contributed by atoms with Gasteiger partial charge < -0.3 is 14.8 Å². The van der Waals surface area contributed by atoms with E-state index in [0.29, 0.717) is 24.3 Å². The second-order valence-corrected chi connectivity index (χ2v) is 5.24. The standard InChI is InChI=1S/C14H18N2O3/c1-18-14(17)13-12(19-8-9-2-3-9)6-11(7-15-13)16-10-4-5-10/h6-7,9-10,16H,2-5,8H2,1H3. The van der Waals surface area contributed by atoms with Gasteiger partial charge >= 0.3 is 5.97 Å². The highest BCUT2D eigenvalue weighted by atomic mass is 16.5. The molecule has 2 aliphatic rings. The maximum Gasteiger partial charge on any atom is 0.360 e. The summed E-state index contributed by atoms with van der Waals surface area (Å²) in [4.78, 5) is 15.8. The average Bonchev–Trinajstić information content (AvgIpc) is 3.30. The molecule has 0 amide bonds. The summed E-state index contributed by atoms with van der Waals surface area (Å²) in [6, 6.07) is 2.39. The molecule has 102 valence electrons.